The normalized spacial score (nSPS) is 15.8. The monoisotopic (exact) mass is 428 g/mol. The van der Waals surface area contributed by atoms with Gasteiger partial charge in [0.15, 0.2) is 0 Å². The molecule has 1 unspecified atom stereocenters. The Balaban J connectivity index is 0.00000156. The molecule has 1 aromatic carbocycles. The van der Waals surface area contributed by atoms with E-state index < -0.39 is 5.76 Å². The molecule has 1 aromatic heterocycles. The first-order valence-corrected chi connectivity index (χ1v) is 8.32. The number of hydrogen-bond acceptors (Lipinski definition) is 5. The van der Waals surface area contributed by atoms with E-state index in [1.54, 1.807) is 12.1 Å². The topological polar surface area (TPSA) is 83.0 Å². The molecular weight excluding hydrogens is 410 g/mol. The van der Waals surface area contributed by atoms with Crippen LogP contribution in [0.1, 0.15) is 19.8 Å². The maximum atomic E-state index is 11.1. The fourth-order valence-electron chi connectivity index (χ4n) is 2.88. The quantitative estimate of drug-likeness (QED) is 0.684. The Kier molecular flexibility index (Phi) is 8.57. The zero-order valence-corrected chi connectivity index (χ0v) is 16.6. The molecule has 0 saturated carbocycles. The molecule has 0 bridgehead atoms. The maximum absolute atomic E-state index is 11.1. The predicted octanol–water partition coefficient (Wildman–Crippen LogP) is 3.98. The van der Waals surface area contributed by atoms with Crippen molar-refractivity contribution < 1.29 is 4.42 Å². The van der Waals surface area contributed by atoms with Gasteiger partial charge in [0.1, 0.15) is 0 Å². The summed E-state index contributed by atoms with van der Waals surface area (Å²) in [6, 6.07) is 3.68. The first-order valence-electron chi connectivity index (χ1n) is 7.57. The van der Waals surface area contributed by atoms with Gasteiger partial charge in [0, 0.05) is 11.6 Å². The molecule has 10 heteroatoms. The van der Waals surface area contributed by atoms with Gasteiger partial charge in [-0.3, -0.25) is 0 Å². The van der Waals surface area contributed by atoms with E-state index in [0.717, 1.165) is 25.9 Å². The van der Waals surface area contributed by atoms with E-state index in [4.69, 9.17) is 27.6 Å². The Morgan fingerprint density at radius 3 is 2.56 bits per heavy atom. The summed E-state index contributed by atoms with van der Waals surface area (Å²) in [6.07, 6.45) is 2.24. The van der Waals surface area contributed by atoms with Gasteiger partial charge < -0.3 is 15.1 Å². The third kappa shape index (κ3) is 5.28. The summed E-state index contributed by atoms with van der Waals surface area (Å²) in [5.41, 5.74) is 1.31. The Morgan fingerprint density at radius 2 is 1.96 bits per heavy atom. The fourth-order valence-corrected chi connectivity index (χ4v) is 3.26. The third-order valence-corrected chi connectivity index (χ3v) is 4.99. The van der Waals surface area contributed by atoms with E-state index in [9.17, 15) is 4.79 Å². The minimum Gasteiger partial charge on any atom is -0.388 e. The number of piperidine rings is 1. The van der Waals surface area contributed by atoms with Gasteiger partial charge in [-0.25, -0.2) is 9.89 Å². The van der Waals surface area contributed by atoms with Gasteiger partial charge in [-0.1, -0.05) is 23.2 Å². The van der Waals surface area contributed by atoms with Gasteiger partial charge in [-0.15, -0.1) is 29.9 Å². The van der Waals surface area contributed by atoms with Gasteiger partial charge in [0.25, 0.3) is 0 Å². The van der Waals surface area contributed by atoms with E-state index in [0.29, 0.717) is 27.2 Å². The highest BCUT2D eigenvalue weighted by Gasteiger charge is 2.21. The van der Waals surface area contributed by atoms with Crippen LogP contribution < -0.4 is 16.4 Å². The molecule has 1 aliphatic rings. The van der Waals surface area contributed by atoms with Gasteiger partial charge in [0.05, 0.1) is 15.7 Å². The fraction of sp³-hybridized carbons (Fsp3) is 0.467. The number of H-pyrrole nitrogens is 1. The number of hydrogen-bond donors (Lipinski definition) is 3. The molecule has 1 atom stereocenters. The average molecular weight is 430 g/mol. The Bertz CT molecular complexity index is 743. The summed E-state index contributed by atoms with van der Waals surface area (Å²) in [6.45, 7) is 4.20. The second-order valence-corrected chi connectivity index (χ2v) is 6.54. The van der Waals surface area contributed by atoms with E-state index >= 15 is 0 Å². The molecule has 0 amide bonds. The van der Waals surface area contributed by atoms with Crippen molar-refractivity contribution >= 4 is 53.7 Å². The molecule has 0 aliphatic carbocycles. The number of aromatic nitrogens is 2. The largest absolute Gasteiger partial charge is 0.434 e. The molecule has 1 fully saturated rings. The Hall–Kier alpha value is -0.920. The molecule has 1 aliphatic heterocycles. The molecule has 1 saturated heterocycles. The lowest BCUT2D eigenvalue weighted by Gasteiger charge is -2.30. The Morgan fingerprint density at radius 1 is 1.28 bits per heavy atom. The number of aromatic amines is 1. The van der Waals surface area contributed by atoms with Crippen LogP contribution in [0.3, 0.4) is 0 Å². The summed E-state index contributed by atoms with van der Waals surface area (Å²) in [4.78, 5) is 11.1. The number of anilines is 1. The van der Waals surface area contributed by atoms with E-state index in [-0.39, 0.29) is 36.7 Å². The number of nitrogens with one attached hydrogen (secondary N) is 3. The summed E-state index contributed by atoms with van der Waals surface area (Å²) in [5, 5.41) is 13.7. The molecule has 3 rings (SSSR count). The first-order chi connectivity index (χ1) is 11.0. The van der Waals surface area contributed by atoms with Crippen LogP contribution in [0.4, 0.5) is 5.69 Å². The van der Waals surface area contributed by atoms with Gasteiger partial charge in [-0.2, -0.15) is 0 Å². The molecule has 140 valence electrons. The van der Waals surface area contributed by atoms with Crippen molar-refractivity contribution in [2.45, 2.75) is 25.8 Å². The number of rotatable bonds is 4. The van der Waals surface area contributed by atoms with Crippen molar-refractivity contribution in [1.82, 2.24) is 15.5 Å². The summed E-state index contributed by atoms with van der Waals surface area (Å²) in [7, 11) is 0. The van der Waals surface area contributed by atoms with Crippen LogP contribution in [0, 0.1) is 5.92 Å². The van der Waals surface area contributed by atoms with Crippen LogP contribution in [-0.2, 0) is 0 Å². The highest BCUT2D eigenvalue weighted by Crippen LogP contribution is 2.36. The van der Waals surface area contributed by atoms with Crippen molar-refractivity contribution in [3.05, 3.63) is 32.7 Å². The molecule has 25 heavy (non-hydrogen) atoms. The van der Waals surface area contributed by atoms with Crippen LogP contribution in [0.15, 0.2) is 21.3 Å². The lowest BCUT2D eigenvalue weighted by Crippen LogP contribution is -2.36. The van der Waals surface area contributed by atoms with Crippen LogP contribution in [0.25, 0.3) is 11.5 Å². The number of halogens is 4. The van der Waals surface area contributed by atoms with Crippen molar-refractivity contribution in [3.8, 4) is 11.5 Å². The summed E-state index contributed by atoms with van der Waals surface area (Å²) >= 11 is 12.5. The second kappa shape index (κ2) is 9.69. The first kappa shape index (κ1) is 22.1. The lowest BCUT2D eigenvalue weighted by atomic mass is 9.91. The number of benzene rings is 1. The maximum Gasteiger partial charge on any atom is 0.434 e. The molecule has 2 aromatic rings. The molecule has 0 radical (unpaired) electrons. The lowest BCUT2D eigenvalue weighted by molar-refractivity contribution is 0.343. The van der Waals surface area contributed by atoms with Gasteiger partial charge in [-0.05, 0) is 50.9 Å². The summed E-state index contributed by atoms with van der Waals surface area (Å²) < 4.78 is 4.98. The van der Waals surface area contributed by atoms with E-state index in [1.807, 2.05) is 0 Å². The molecule has 0 spiro atoms. The molecular formula is C15H20Cl4N4O2. The molecule has 2 heterocycles. The number of nitrogens with zero attached hydrogens (tertiary/aromatic N) is 1. The minimum absolute atomic E-state index is 0. The highest BCUT2D eigenvalue weighted by molar-refractivity contribution is 6.44. The molecule has 6 nitrogen and oxygen atoms in total. The average Bonchev–Trinajstić information content (AvgIpc) is 2.99. The van der Waals surface area contributed by atoms with Crippen LogP contribution in [0.2, 0.25) is 10.0 Å². The van der Waals surface area contributed by atoms with Crippen molar-refractivity contribution in [2.75, 3.05) is 18.4 Å². The van der Waals surface area contributed by atoms with Crippen molar-refractivity contribution in [3.63, 3.8) is 0 Å². The standard InChI is InChI=1S/C15H18Cl2N4O2.2ClH/c1-8(9-2-4-18-5-3-9)19-12-7-10(6-11(16)13(12)17)14-20-21-15(22)23-14;;/h6-9,18-19H,2-5H2,1H3,(H,21,22);2*1H. The van der Waals surface area contributed by atoms with Gasteiger partial charge in [0.2, 0.25) is 5.89 Å². The van der Waals surface area contributed by atoms with Gasteiger partial charge >= 0.3 is 5.76 Å². The highest BCUT2D eigenvalue weighted by atomic mass is 35.5. The summed E-state index contributed by atoms with van der Waals surface area (Å²) in [5.74, 6) is 0.146. The van der Waals surface area contributed by atoms with Crippen LogP contribution >= 0.6 is 48.0 Å². The zero-order chi connectivity index (χ0) is 16.4. The van der Waals surface area contributed by atoms with E-state index in [1.165, 1.54) is 0 Å². The minimum atomic E-state index is -0.608. The smallest absolute Gasteiger partial charge is 0.388 e. The Labute approximate surface area is 167 Å². The molecule has 3 N–H and O–H groups in total. The SMILES string of the molecule is CC(Nc1cc(-c2n[nH]c(=O)o2)cc(Cl)c1Cl)C1CCNCC1.Cl.Cl. The van der Waals surface area contributed by atoms with Crippen molar-refractivity contribution in [2.24, 2.45) is 5.92 Å². The second-order valence-electron chi connectivity index (χ2n) is 5.76. The van der Waals surface area contributed by atoms with E-state index in [2.05, 4.69) is 27.8 Å². The van der Waals surface area contributed by atoms with Crippen LogP contribution in [-0.4, -0.2) is 29.3 Å². The zero-order valence-electron chi connectivity index (χ0n) is 13.5. The predicted molar refractivity (Wildman–Crippen MR) is 106 cm³/mol. The third-order valence-electron chi connectivity index (χ3n) is 4.19. The van der Waals surface area contributed by atoms with Crippen LogP contribution in [0.5, 0.6) is 0 Å². The van der Waals surface area contributed by atoms with Crippen molar-refractivity contribution in [1.29, 1.82) is 0 Å².